The van der Waals surface area contributed by atoms with Crippen molar-refractivity contribution in [3.8, 4) is 17.6 Å². The van der Waals surface area contributed by atoms with E-state index in [0.29, 0.717) is 46.4 Å². The topological polar surface area (TPSA) is 199 Å². The predicted molar refractivity (Wildman–Crippen MR) is 254 cm³/mol. The maximum atomic E-state index is 16.5. The lowest BCUT2D eigenvalue weighted by atomic mass is 9.65. The Kier molecular flexibility index (Phi) is 13.5. The minimum absolute atomic E-state index is 0.00324. The molecule has 16 nitrogen and oxygen atoms in total. The van der Waals surface area contributed by atoms with Crippen LogP contribution in [0.5, 0.6) is 5.75 Å². The van der Waals surface area contributed by atoms with E-state index >= 15 is 14.4 Å². The molecule has 1 saturated carbocycles. The summed E-state index contributed by atoms with van der Waals surface area (Å²) < 4.78 is 18.2. The largest absolute Gasteiger partial charge is 0.491 e. The summed E-state index contributed by atoms with van der Waals surface area (Å²) >= 11 is 0. The second-order valence-electron chi connectivity index (χ2n) is 18.0. The summed E-state index contributed by atoms with van der Waals surface area (Å²) in [6.45, 7) is -0.622. The van der Waals surface area contributed by atoms with Crippen molar-refractivity contribution in [3.05, 3.63) is 171 Å². The monoisotopic (exact) mass is 948 g/mol. The molecule has 2 N–H and O–H groups in total. The van der Waals surface area contributed by atoms with Gasteiger partial charge in [-0.2, -0.15) is 0 Å². The van der Waals surface area contributed by atoms with Gasteiger partial charge in [0.2, 0.25) is 5.91 Å². The number of anilines is 1. The van der Waals surface area contributed by atoms with E-state index < -0.39 is 70.0 Å². The van der Waals surface area contributed by atoms with Crippen molar-refractivity contribution in [1.82, 2.24) is 9.96 Å². The normalized spacial score (nSPS) is 23.5. The predicted octanol–water partition coefficient (Wildman–Crippen LogP) is 7.42. The molecule has 2 saturated heterocycles. The third-order valence-electron chi connectivity index (χ3n) is 13.9. The first-order valence-electron chi connectivity index (χ1n) is 23.3. The number of hydroxylamine groups is 2. The number of morpholine rings is 1. The number of cyclic esters (lactones) is 1. The van der Waals surface area contributed by atoms with E-state index in [9.17, 15) is 25.1 Å². The van der Waals surface area contributed by atoms with E-state index in [1.54, 1.807) is 42.5 Å². The van der Waals surface area contributed by atoms with Crippen molar-refractivity contribution in [2.45, 2.75) is 80.4 Å². The Balaban J connectivity index is 1.31. The third-order valence-corrected chi connectivity index (χ3v) is 13.9. The second kappa shape index (κ2) is 19.9. The lowest BCUT2D eigenvalue weighted by Gasteiger charge is -2.46. The third kappa shape index (κ3) is 8.66. The molecule has 360 valence electrons. The molecule has 3 aliphatic heterocycles. The smallest absolute Gasteiger partial charge is 0.421 e. The van der Waals surface area contributed by atoms with E-state index in [0.717, 1.165) is 35.6 Å². The fourth-order valence-electron chi connectivity index (χ4n) is 10.7. The van der Waals surface area contributed by atoms with Crippen LogP contribution in [0.1, 0.15) is 90.1 Å². The summed E-state index contributed by atoms with van der Waals surface area (Å²) in [5, 5.41) is 33.6. The molecule has 70 heavy (non-hydrogen) atoms. The number of imide groups is 1. The highest BCUT2D eigenvalue weighted by Crippen LogP contribution is 2.66. The van der Waals surface area contributed by atoms with Crippen LogP contribution in [-0.2, 0) is 40.7 Å². The molecule has 0 radical (unpaired) electrons. The number of amides is 3. The van der Waals surface area contributed by atoms with Crippen LogP contribution in [0.15, 0.2) is 127 Å². The second-order valence-corrected chi connectivity index (χ2v) is 18.0. The standard InChI is InChI=1S/C54H52N4O12/c1-55(67-2)49(60)44-46-50(61)70-47(38-15-9-6-10-16-38)45(37-13-7-5-8-14-37)57(46)48(39-20-24-41(25-21-39)68-32-31-59)54(44)42-33-35(27-30-53(64)28-11-3-4-12-29-53)19-26-43(42)56(51(54)62)52(63)69-34-36-17-22-40(23-18-36)58(65)66/h5-10,13-26,33,44-48,59,64H,3-4,11-12,28-29,31-32,34H2,1-2H3/t44-,45?,46-,47?,48+,54-/m1/s1. The summed E-state index contributed by atoms with van der Waals surface area (Å²) in [6.07, 6.45) is 2.41. The van der Waals surface area contributed by atoms with Gasteiger partial charge in [0.15, 0.2) is 0 Å². The SMILES string of the molecule is CON(C)C(=O)[C@H]1[C@@H]2C(=O)OC(c3ccccc3)C(c3ccccc3)N2[C@@H](c2ccc(OCCO)cc2)[C@]12C(=O)N(C(=O)OCc1ccc([N+](=O)[O-])cc1)c1ccc(C#CC3(O)CCCCCC3)cc12. The van der Waals surface area contributed by atoms with Crippen LogP contribution in [0.3, 0.4) is 0 Å². The van der Waals surface area contributed by atoms with Crippen molar-refractivity contribution < 1.29 is 53.4 Å². The number of aliphatic hydroxyl groups is 2. The van der Waals surface area contributed by atoms with Crippen LogP contribution in [0.2, 0.25) is 0 Å². The maximum Gasteiger partial charge on any atom is 0.421 e. The Bertz CT molecular complexity index is 2830. The number of nitro benzene ring substituents is 1. The molecular weight excluding hydrogens is 897 g/mol. The number of hydrogen-bond acceptors (Lipinski definition) is 13. The summed E-state index contributed by atoms with van der Waals surface area (Å²) in [4.78, 5) is 81.2. The lowest BCUT2D eigenvalue weighted by Crippen LogP contribution is -2.55. The quantitative estimate of drug-likeness (QED) is 0.0436. The molecule has 0 aromatic heterocycles. The van der Waals surface area contributed by atoms with Crippen LogP contribution in [-0.4, -0.2) is 88.0 Å². The van der Waals surface area contributed by atoms with Gasteiger partial charge in [-0.1, -0.05) is 97.5 Å². The summed E-state index contributed by atoms with van der Waals surface area (Å²) in [5.74, 6) is 2.60. The number of rotatable bonds is 11. The zero-order valence-electron chi connectivity index (χ0n) is 38.6. The van der Waals surface area contributed by atoms with Gasteiger partial charge in [0.1, 0.15) is 42.1 Å². The first-order chi connectivity index (χ1) is 33.9. The van der Waals surface area contributed by atoms with E-state index in [1.165, 1.54) is 38.4 Å². The first-order valence-corrected chi connectivity index (χ1v) is 23.3. The number of ether oxygens (including phenoxy) is 3. The Hall–Kier alpha value is -7.42. The zero-order valence-corrected chi connectivity index (χ0v) is 38.6. The molecule has 4 aliphatic rings. The zero-order chi connectivity index (χ0) is 49.2. The van der Waals surface area contributed by atoms with Gasteiger partial charge in [0.05, 0.1) is 42.3 Å². The number of nitrogens with zero attached hydrogens (tertiary/aromatic N) is 4. The highest BCUT2D eigenvalue weighted by atomic mass is 16.7. The number of aliphatic hydroxyl groups excluding tert-OH is 1. The van der Waals surface area contributed by atoms with Crippen molar-refractivity contribution in [1.29, 1.82) is 0 Å². The molecule has 0 bridgehead atoms. The molecule has 5 aromatic rings. The van der Waals surface area contributed by atoms with Gasteiger partial charge in [-0.3, -0.25) is 34.2 Å². The van der Waals surface area contributed by atoms with E-state index in [1.807, 2.05) is 65.6 Å². The van der Waals surface area contributed by atoms with Crippen LogP contribution in [0.25, 0.3) is 0 Å². The Labute approximate surface area is 404 Å². The number of esters is 1. The van der Waals surface area contributed by atoms with E-state index in [-0.39, 0.29) is 36.8 Å². The van der Waals surface area contributed by atoms with Crippen LogP contribution in [0, 0.1) is 27.9 Å². The first kappa shape index (κ1) is 47.6. The number of carbonyl (C=O) groups excluding carboxylic acids is 4. The Morgan fingerprint density at radius 2 is 1.51 bits per heavy atom. The van der Waals surface area contributed by atoms with Gasteiger partial charge >= 0.3 is 12.1 Å². The van der Waals surface area contributed by atoms with Crippen molar-refractivity contribution in [2.24, 2.45) is 5.92 Å². The summed E-state index contributed by atoms with van der Waals surface area (Å²) in [6, 6.07) is 32.0. The number of benzene rings is 5. The highest BCUT2D eigenvalue weighted by molar-refractivity contribution is 6.23. The fourth-order valence-corrected chi connectivity index (χ4v) is 10.7. The summed E-state index contributed by atoms with van der Waals surface area (Å²) in [7, 11) is 2.66. The van der Waals surface area contributed by atoms with Crippen molar-refractivity contribution in [3.63, 3.8) is 0 Å². The Morgan fingerprint density at radius 3 is 2.14 bits per heavy atom. The molecule has 6 atom stereocenters. The minimum Gasteiger partial charge on any atom is -0.491 e. The molecule has 2 unspecified atom stereocenters. The van der Waals surface area contributed by atoms with Gasteiger partial charge < -0.3 is 24.4 Å². The van der Waals surface area contributed by atoms with Gasteiger partial charge in [0.25, 0.3) is 11.6 Å². The molecule has 1 spiro atoms. The maximum absolute atomic E-state index is 16.5. The van der Waals surface area contributed by atoms with Crippen LogP contribution in [0.4, 0.5) is 16.2 Å². The Morgan fingerprint density at radius 1 is 0.857 bits per heavy atom. The van der Waals surface area contributed by atoms with Crippen molar-refractivity contribution in [2.75, 3.05) is 32.3 Å². The molecule has 3 amide bonds. The van der Waals surface area contributed by atoms with E-state index in [4.69, 9.17) is 19.0 Å². The van der Waals surface area contributed by atoms with Crippen LogP contribution < -0.4 is 9.64 Å². The number of fused-ring (bicyclic) bond motifs is 3. The highest BCUT2D eigenvalue weighted by Gasteiger charge is 2.76. The molecule has 3 fully saturated rings. The molecule has 1 aliphatic carbocycles. The number of hydrogen-bond donors (Lipinski definition) is 2. The molecule has 3 heterocycles. The van der Waals surface area contributed by atoms with Gasteiger partial charge in [-0.25, -0.2) is 14.8 Å². The van der Waals surface area contributed by atoms with Crippen LogP contribution >= 0.6 is 0 Å². The molecule has 5 aromatic carbocycles. The molecular formula is C54H52N4O12. The molecule has 16 heteroatoms. The minimum atomic E-state index is -2.15. The van der Waals surface area contributed by atoms with Gasteiger partial charge in [-0.05, 0) is 96.0 Å². The van der Waals surface area contributed by atoms with Crippen molar-refractivity contribution >= 4 is 35.3 Å². The fraction of sp³-hybridized carbons (Fsp3) is 0.333. The van der Waals surface area contributed by atoms with Gasteiger partial charge in [0, 0.05) is 24.7 Å². The average Bonchev–Trinajstić information content (AvgIpc) is 3.72. The number of carbonyl (C=O) groups is 4. The number of non-ortho nitro benzene ring substituents is 1. The van der Waals surface area contributed by atoms with E-state index in [2.05, 4.69) is 11.8 Å². The van der Waals surface area contributed by atoms with Gasteiger partial charge in [-0.15, -0.1) is 0 Å². The summed E-state index contributed by atoms with van der Waals surface area (Å²) in [5.41, 5.74) is -0.763. The number of nitro groups is 1. The molecule has 9 rings (SSSR count). The average molecular weight is 949 g/mol. The lowest BCUT2D eigenvalue weighted by molar-refractivity contribution is -0.384.